The number of piperazine rings is 1. The van der Waals surface area contributed by atoms with Gasteiger partial charge in [-0.05, 0) is 26.0 Å². The third-order valence-corrected chi connectivity index (χ3v) is 5.02. The van der Waals surface area contributed by atoms with Crippen LogP contribution < -0.4 is 4.90 Å². The second kappa shape index (κ2) is 7.21. The van der Waals surface area contributed by atoms with Crippen LogP contribution in [0, 0.1) is 13.8 Å². The van der Waals surface area contributed by atoms with E-state index < -0.39 is 11.7 Å². The highest BCUT2D eigenvalue weighted by atomic mass is 19.4. The zero-order chi connectivity index (χ0) is 19.8. The quantitative estimate of drug-likeness (QED) is 0.819. The largest absolute Gasteiger partial charge is 0.417 e. The van der Waals surface area contributed by atoms with Crippen LogP contribution in [0.1, 0.15) is 22.5 Å². The maximum atomic E-state index is 12.6. The minimum atomic E-state index is -4.39. The van der Waals surface area contributed by atoms with E-state index in [0.29, 0.717) is 38.4 Å². The molecule has 6 nitrogen and oxygen atoms in total. The maximum absolute atomic E-state index is 12.6. The van der Waals surface area contributed by atoms with Gasteiger partial charge in [-0.1, -0.05) is 0 Å². The molecule has 0 radical (unpaired) electrons. The summed E-state index contributed by atoms with van der Waals surface area (Å²) in [5, 5.41) is 4.33. The predicted octanol–water partition coefficient (Wildman–Crippen LogP) is 2.34. The summed E-state index contributed by atoms with van der Waals surface area (Å²) in [6.07, 6.45) is -3.23. The number of hydrogen-bond acceptors (Lipinski definition) is 4. The lowest BCUT2D eigenvalue weighted by Gasteiger charge is -2.35. The number of halogens is 3. The highest BCUT2D eigenvalue weighted by Gasteiger charge is 2.31. The molecule has 9 heteroatoms. The number of pyridine rings is 1. The Hall–Kier alpha value is -2.58. The third-order valence-electron chi connectivity index (χ3n) is 5.02. The Morgan fingerprint density at radius 1 is 1.15 bits per heavy atom. The second-order valence-electron chi connectivity index (χ2n) is 6.72. The van der Waals surface area contributed by atoms with Crippen LogP contribution in [0.25, 0.3) is 0 Å². The fourth-order valence-electron chi connectivity index (χ4n) is 3.26. The Balaban J connectivity index is 1.59. The molecule has 27 heavy (non-hydrogen) atoms. The Morgan fingerprint density at radius 3 is 2.30 bits per heavy atom. The van der Waals surface area contributed by atoms with Crippen molar-refractivity contribution in [1.82, 2.24) is 19.7 Å². The molecule has 1 amide bonds. The number of anilines is 1. The van der Waals surface area contributed by atoms with Crippen molar-refractivity contribution >= 4 is 11.7 Å². The lowest BCUT2D eigenvalue weighted by atomic mass is 10.1. The average Bonchev–Trinajstić information content (AvgIpc) is 2.87. The summed E-state index contributed by atoms with van der Waals surface area (Å²) < 4.78 is 39.7. The third kappa shape index (κ3) is 4.06. The molecule has 2 aromatic heterocycles. The van der Waals surface area contributed by atoms with Crippen LogP contribution in [0.2, 0.25) is 0 Å². The minimum Gasteiger partial charge on any atom is -0.353 e. The smallest absolute Gasteiger partial charge is 0.353 e. The molecule has 0 N–H and O–H groups in total. The molecular weight excluding hydrogens is 359 g/mol. The lowest BCUT2D eigenvalue weighted by Crippen LogP contribution is -2.49. The standard InChI is InChI=1S/C18H22F3N5O/c1-12-15(13(2)24(3)23-12)10-17(27)26-8-6-25(7-9-26)16-5-4-14(11-22-16)18(19,20)21/h4-5,11H,6-10H2,1-3H3. The minimum absolute atomic E-state index is 0.0363. The van der Waals surface area contributed by atoms with Gasteiger partial charge >= 0.3 is 6.18 Å². The molecule has 0 unspecified atom stereocenters. The molecule has 1 saturated heterocycles. The normalized spacial score (nSPS) is 15.3. The molecule has 0 bridgehead atoms. The lowest BCUT2D eigenvalue weighted by molar-refractivity contribution is -0.137. The molecule has 2 aromatic rings. The predicted molar refractivity (Wildman–Crippen MR) is 94.4 cm³/mol. The summed E-state index contributed by atoms with van der Waals surface area (Å²) in [6.45, 7) is 5.94. The molecule has 3 heterocycles. The van der Waals surface area contributed by atoms with E-state index in [1.807, 2.05) is 25.8 Å². The molecule has 0 spiro atoms. The number of hydrogen-bond donors (Lipinski definition) is 0. The Labute approximate surface area is 155 Å². The van der Waals surface area contributed by atoms with E-state index in [-0.39, 0.29) is 5.91 Å². The number of amides is 1. The molecule has 3 rings (SSSR count). The van der Waals surface area contributed by atoms with Crippen molar-refractivity contribution in [3.63, 3.8) is 0 Å². The van der Waals surface area contributed by atoms with Crippen molar-refractivity contribution in [2.24, 2.45) is 7.05 Å². The summed E-state index contributed by atoms with van der Waals surface area (Å²) in [5.74, 6) is 0.531. The van der Waals surface area contributed by atoms with Gasteiger partial charge in [0.25, 0.3) is 0 Å². The van der Waals surface area contributed by atoms with Gasteiger partial charge in [0.2, 0.25) is 5.91 Å². The zero-order valence-electron chi connectivity index (χ0n) is 15.5. The van der Waals surface area contributed by atoms with Gasteiger partial charge in [0, 0.05) is 50.7 Å². The van der Waals surface area contributed by atoms with Gasteiger partial charge in [0.05, 0.1) is 17.7 Å². The number of aryl methyl sites for hydroxylation is 2. The number of rotatable bonds is 3. The number of carbonyl (C=O) groups is 1. The van der Waals surface area contributed by atoms with E-state index in [0.717, 1.165) is 29.2 Å². The van der Waals surface area contributed by atoms with E-state index in [1.165, 1.54) is 6.07 Å². The van der Waals surface area contributed by atoms with Crippen molar-refractivity contribution in [2.75, 3.05) is 31.1 Å². The van der Waals surface area contributed by atoms with Gasteiger partial charge in [0.15, 0.2) is 0 Å². The fourth-order valence-corrected chi connectivity index (χ4v) is 3.26. The molecule has 1 fully saturated rings. The first-order chi connectivity index (χ1) is 12.7. The van der Waals surface area contributed by atoms with Gasteiger partial charge in [-0.15, -0.1) is 0 Å². The maximum Gasteiger partial charge on any atom is 0.417 e. The second-order valence-corrected chi connectivity index (χ2v) is 6.72. The summed E-state index contributed by atoms with van der Waals surface area (Å²) >= 11 is 0. The first-order valence-electron chi connectivity index (χ1n) is 8.72. The van der Waals surface area contributed by atoms with E-state index in [4.69, 9.17) is 0 Å². The first-order valence-corrected chi connectivity index (χ1v) is 8.72. The monoisotopic (exact) mass is 381 g/mol. The van der Waals surface area contributed by atoms with Crippen LogP contribution in [0.4, 0.5) is 19.0 Å². The molecule has 146 valence electrons. The van der Waals surface area contributed by atoms with Crippen LogP contribution in [-0.2, 0) is 24.4 Å². The average molecular weight is 381 g/mol. The SMILES string of the molecule is Cc1nn(C)c(C)c1CC(=O)N1CCN(c2ccc(C(F)(F)F)cn2)CC1. The number of aromatic nitrogens is 3. The van der Waals surface area contributed by atoms with Crippen molar-refractivity contribution in [1.29, 1.82) is 0 Å². The van der Waals surface area contributed by atoms with E-state index in [2.05, 4.69) is 10.1 Å². The number of carbonyl (C=O) groups excluding carboxylic acids is 1. The molecule has 0 atom stereocenters. The number of nitrogens with zero attached hydrogens (tertiary/aromatic N) is 5. The highest BCUT2D eigenvalue weighted by Crippen LogP contribution is 2.29. The fraction of sp³-hybridized carbons (Fsp3) is 0.500. The molecule has 1 aliphatic rings. The molecule has 0 aliphatic carbocycles. The van der Waals surface area contributed by atoms with E-state index in [9.17, 15) is 18.0 Å². The van der Waals surface area contributed by atoms with Crippen molar-refractivity contribution in [2.45, 2.75) is 26.4 Å². The topological polar surface area (TPSA) is 54.3 Å². The molecular formula is C18H22F3N5O. The summed E-state index contributed by atoms with van der Waals surface area (Å²) in [6, 6.07) is 2.41. The van der Waals surface area contributed by atoms with Gasteiger partial charge in [0.1, 0.15) is 5.82 Å². The van der Waals surface area contributed by atoms with Gasteiger partial charge in [-0.3, -0.25) is 9.48 Å². The van der Waals surface area contributed by atoms with Crippen molar-refractivity contribution in [3.8, 4) is 0 Å². The van der Waals surface area contributed by atoms with Gasteiger partial charge < -0.3 is 9.80 Å². The summed E-state index contributed by atoms with van der Waals surface area (Å²) in [7, 11) is 1.85. The molecule has 0 aromatic carbocycles. The molecule has 0 saturated carbocycles. The van der Waals surface area contributed by atoms with Crippen molar-refractivity contribution in [3.05, 3.63) is 40.8 Å². The Morgan fingerprint density at radius 2 is 1.81 bits per heavy atom. The Bertz CT molecular complexity index is 821. The summed E-state index contributed by atoms with van der Waals surface area (Å²) in [4.78, 5) is 20.2. The van der Waals surface area contributed by atoms with Gasteiger partial charge in [-0.25, -0.2) is 4.98 Å². The van der Waals surface area contributed by atoms with E-state index >= 15 is 0 Å². The zero-order valence-corrected chi connectivity index (χ0v) is 15.5. The van der Waals surface area contributed by atoms with Gasteiger partial charge in [-0.2, -0.15) is 18.3 Å². The number of alkyl halides is 3. The molecule has 1 aliphatic heterocycles. The summed E-state index contributed by atoms with van der Waals surface area (Å²) in [5.41, 5.74) is 2.03. The van der Waals surface area contributed by atoms with Crippen LogP contribution in [0.5, 0.6) is 0 Å². The van der Waals surface area contributed by atoms with Crippen molar-refractivity contribution < 1.29 is 18.0 Å². The van der Waals surface area contributed by atoms with Crippen LogP contribution in [-0.4, -0.2) is 51.8 Å². The van der Waals surface area contributed by atoms with E-state index in [1.54, 1.807) is 9.58 Å². The van der Waals surface area contributed by atoms with Crippen LogP contribution in [0.3, 0.4) is 0 Å². The highest BCUT2D eigenvalue weighted by molar-refractivity contribution is 5.79. The van der Waals surface area contributed by atoms with Crippen LogP contribution >= 0.6 is 0 Å². The van der Waals surface area contributed by atoms with Crippen LogP contribution in [0.15, 0.2) is 18.3 Å². The first kappa shape index (κ1) is 19.2. The Kier molecular flexibility index (Phi) is 5.12.